The van der Waals surface area contributed by atoms with Crippen LogP contribution >= 0.6 is 0 Å². The molecule has 0 spiro atoms. The van der Waals surface area contributed by atoms with Gasteiger partial charge in [0.15, 0.2) is 6.29 Å². The summed E-state index contributed by atoms with van der Waals surface area (Å²) in [5, 5.41) is 10.1. The minimum atomic E-state index is 0.566. The molecular weight excluding hydrogens is 226 g/mol. The van der Waals surface area contributed by atoms with Crippen LogP contribution in [0.2, 0.25) is 0 Å². The van der Waals surface area contributed by atoms with Crippen molar-refractivity contribution in [1.29, 1.82) is 0 Å². The van der Waals surface area contributed by atoms with Gasteiger partial charge in [-0.1, -0.05) is 42.0 Å². The molecule has 0 saturated carbocycles. The van der Waals surface area contributed by atoms with Gasteiger partial charge < -0.3 is 0 Å². The van der Waals surface area contributed by atoms with Gasteiger partial charge in [0.05, 0.1) is 0 Å². The summed E-state index contributed by atoms with van der Waals surface area (Å²) in [4.78, 5) is 10.4. The third kappa shape index (κ3) is 2.79. The van der Waals surface area contributed by atoms with Crippen molar-refractivity contribution in [3.8, 4) is 0 Å². The Bertz CT molecular complexity index is 632. The number of benzene rings is 2. The Balaban J connectivity index is 0.000000149. The molecule has 18 heavy (non-hydrogen) atoms. The Kier molecular flexibility index (Phi) is 3.81. The molecule has 0 saturated heterocycles. The fraction of sp³-hybridized carbons (Fsp3) is 0.0714. The number of nitrogens with one attached hydrogen (secondary N) is 1. The lowest BCUT2D eigenvalue weighted by Crippen LogP contribution is -1.80. The fourth-order valence-electron chi connectivity index (χ4n) is 1.52. The maximum atomic E-state index is 10.4. The molecule has 0 aliphatic rings. The summed E-state index contributed by atoms with van der Waals surface area (Å²) in [5.41, 5.74) is 3.23. The molecule has 0 unspecified atom stereocenters. The highest BCUT2D eigenvalue weighted by Gasteiger charge is 2.01. The van der Waals surface area contributed by atoms with Crippen molar-refractivity contribution in [2.45, 2.75) is 6.92 Å². The standard InChI is InChI=1S/C7H5N3O.C7H8/c11-4-5-2-1-3-6-7(5)9-10-8-6;1-7-5-3-2-4-6-7/h1-4H,(H,8,9,10);2-6H,1H3. The molecule has 0 radical (unpaired) electrons. The van der Waals surface area contributed by atoms with Crippen LogP contribution in [0.1, 0.15) is 15.9 Å². The lowest BCUT2D eigenvalue weighted by atomic mass is 10.2. The third-order valence-corrected chi connectivity index (χ3v) is 2.45. The van der Waals surface area contributed by atoms with E-state index < -0.39 is 0 Å². The zero-order chi connectivity index (χ0) is 12.8. The summed E-state index contributed by atoms with van der Waals surface area (Å²) in [6.45, 7) is 2.08. The van der Waals surface area contributed by atoms with E-state index in [2.05, 4.69) is 34.5 Å². The molecule has 4 heteroatoms. The number of hydrogen-bond acceptors (Lipinski definition) is 3. The van der Waals surface area contributed by atoms with Crippen LogP contribution in [0.15, 0.2) is 48.5 Å². The molecular formula is C14H13N3O. The van der Waals surface area contributed by atoms with Gasteiger partial charge >= 0.3 is 0 Å². The van der Waals surface area contributed by atoms with Crippen molar-refractivity contribution in [1.82, 2.24) is 15.4 Å². The second-order valence-corrected chi connectivity index (χ2v) is 3.81. The molecule has 1 aromatic heterocycles. The fourth-order valence-corrected chi connectivity index (χ4v) is 1.52. The monoisotopic (exact) mass is 239 g/mol. The molecule has 0 aliphatic carbocycles. The summed E-state index contributed by atoms with van der Waals surface area (Å²) >= 11 is 0. The van der Waals surface area contributed by atoms with E-state index in [1.807, 2.05) is 18.2 Å². The first-order chi connectivity index (χ1) is 8.81. The molecule has 2 aromatic carbocycles. The van der Waals surface area contributed by atoms with E-state index in [0.29, 0.717) is 11.1 Å². The summed E-state index contributed by atoms with van der Waals surface area (Å²) in [5.74, 6) is 0. The summed E-state index contributed by atoms with van der Waals surface area (Å²) in [6, 6.07) is 15.5. The quantitative estimate of drug-likeness (QED) is 0.664. The summed E-state index contributed by atoms with van der Waals surface area (Å²) < 4.78 is 0. The molecule has 1 heterocycles. The van der Waals surface area contributed by atoms with Gasteiger partial charge in [0.2, 0.25) is 0 Å². The number of aryl methyl sites for hydroxylation is 1. The predicted octanol–water partition coefficient (Wildman–Crippen LogP) is 2.77. The number of aromatic nitrogens is 3. The first-order valence-electron chi connectivity index (χ1n) is 5.57. The smallest absolute Gasteiger partial charge is 0.152 e. The number of aromatic amines is 1. The highest BCUT2D eigenvalue weighted by atomic mass is 16.1. The number of fused-ring (bicyclic) bond motifs is 1. The van der Waals surface area contributed by atoms with Crippen LogP contribution in [0.4, 0.5) is 0 Å². The van der Waals surface area contributed by atoms with Crippen molar-refractivity contribution < 1.29 is 4.79 Å². The molecule has 0 atom stereocenters. The topological polar surface area (TPSA) is 58.6 Å². The molecule has 3 aromatic rings. The number of para-hydroxylation sites is 1. The van der Waals surface area contributed by atoms with Crippen LogP contribution in [-0.2, 0) is 0 Å². The van der Waals surface area contributed by atoms with Gasteiger partial charge in [-0.05, 0) is 19.1 Å². The largest absolute Gasteiger partial charge is 0.298 e. The maximum absolute atomic E-state index is 10.4. The zero-order valence-electron chi connectivity index (χ0n) is 10.00. The van der Waals surface area contributed by atoms with E-state index in [4.69, 9.17) is 0 Å². The second-order valence-electron chi connectivity index (χ2n) is 3.81. The van der Waals surface area contributed by atoms with Crippen molar-refractivity contribution in [3.63, 3.8) is 0 Å². The van der Waals surface area contributed by atoms with Crippen LogP contribution in [0, 0.1) is 6.92 Å². The molecule has 4 nitrogen and oxygen atoms in total. The van der Waals surface area contributed by atoms with Crippen LogP contribution in [0.5, 0.6) is 0 Å². The van der Waals surface area contributed by atoms with Crippen LogP contribution in [-0.4, -0.2) is 21.7 Å². The minimum Gasteiger partial charge on any atom is -0.298 e. The van der Waals surface area contributed by atoms with Crippen molar-refractivity contribution in [3.05, 3.63) is 59.7 Å². The van der Waals surface area contributed by atoms with E-state index in [-0.39, 0.29) is 0 Å². The molecule has 0 fully saturated rings. The van der Waals surface area contributed by atoms with Gasteiger partial charge in [0.25, 0.3) is 0 Å². The van der Waals surface area contributed by atoms with E-state index >= 15 is 0 Å². The van der Waals surface area contributed by atoms with E-state index in [9.17, 15) is 4.79 Å². The third-order valence-electron chi connectivity index (χ3n) is 2.45. The van der Waals surface area contributed by atoms with Crippen molar-refractivity contribution >= 4 is 17.3 Å². The average Bonchev–Trinajstić information content (AvgIpc) is 2.88. The van der Waals surface area contributed by atoms with Crippen LogP contribution in [0.3, 0.4) is 0 Å². The number of nitrogens with zero attached hydrogens (tertiary/aromatic N) is 2. The number of aldehydes is 1. The summed E-state index contributed by atoms with van der Waals surface area (Å²) in [6.07, 6.45) is 0.769. The molecule has 0 bridgehead atoms. The number of H-pyrrole nitrogens is 1. The van der Waals surface area contributed by atoms with Gasteiger partial charge in [-0.15, -0.1) is 0 Å². The van der Waals surface area contributed by atoms with Crippen molar-refractivity contribution in [2.24, 2.45) is 0 Å². The minimum absolute atomic E-state index is 0.566. The van der Waals surface area contributed by atoms with E-state index in [1.54, 1.807) is 18.2 Å². The predicted molar refractivity (Wildman–Crippen MR) is 70.5 cm³/mol. The molecule has 90 valence electrons. The Morgan fingerprint density at radius 3 is 2.39 bits per heavy atom. The number of hydrogen-bond donors (Lipinski definition) is 1. The SMILES string of the molecule is Cc1ccccc1.O=Cc1cccc2n[nH]nc12. The van der Waals surface area contributed by atoms with Gasteiger partial charge in [-0.25, -0.2) is 0 Å². The van der Waals surface area contributed by atoms with Gasteiger partial charge in [0, 0.05) is 5.56 Å². The maximum Gasteiger partial charge on any atom is 0.152 e. The Hall–Kier alpha value is -2.49. The normalized spacial score (nSPS) is 9.61. The van der Waals surface area contributed by atoms with E-state index in [1.165, 1.54) is 5.56 Å². The van der Waals surface area contributed by atoms with Crippen LogP contribution < -0.4 is 0 Å². The van der Waals surface area contributed by atoms with Gasteiger partial charge in [-0.3, -0.25) is 4.79 Å². The number of rotatable bonds is 1. The number of carbonyl (C=O) groups is 1. The average molecular weight is 239 g/mol. The lowest BCUT2D eigenvalue weighted by molar-refractivity contribution is 0.112. The Morgan fingerprint density at radius 2 is 1.78 bits per heavy atom. The van der Waals surface area contributed by atoms with Gasteiger partial charge in [-0.2, -0.15) is 15.4 Å². The first-order valence-corrected chi connectivity index (χ1v) is 5.57. The Morgan fingerprint density at radius 1 is 1.00 bits per heavy atom. The molecule has 1 N–H and O–H groups in total. The molecule has 3 rings (SSSR count). The molecule has 0 aliphatic heterocycles. The zero-order valence-corrected chi connectivity index (χ0v) is 10.00. The number of carbonyl (C=O) groups excluding carboxylic acids is 1. The highest BCUT2D eigenvalue weighted by molar-refractivity contribution is 5.93. The Labute approximate surface area is 105 Å². The molecule has 0 amide bonds. The first kappa shape index (κ1) is 12.0. The second kappa shape index (κ2) is 5.72. The van der Waals surface area contributed by atoms with E-state index in [0.717, 1.165) is 11.8 Å². The lowest BCUT2D eigenvalue weighted by Gasteiger charge is -1.87. The van der Waals surface area contributed by atoms with Crippen molar-refractivity contribution in [2.75, 3.05) is 0 Å². The van der Waals surface area contributed by atoms with Crippen LogP contribution in [0.25, 0.3) is 11.0 Å². The van der Waals surface area contributed by atoms with Gasteiger partial charge in [0.1, 0.15) is 11.0 Å². The highest BCUT2D eigenvalue weighted by Crippen LogP contribution is 2.10. The summed E-state index contributed by atoms with van der Waals surface area (Å²) in [7, 11) is 0.